The minimum atomic E-state index is -0.988. The third kappa shape index (κ3) is 5.98. The number of esters is 1. The number of hydrazone groups is 1. The van der Waals surface area contributed by atoms with E-state index in [2.05, 4.69) is 10.5 Å². The van der Waals surface area contributed by atoms with Gasteiger partial charge in [-0.05, 0) is 37.6 Å². The van der Waals surface area contributed by atoms with Crippen molar-refractivity contribution in [2.75, 3.05) is 19.1 Å². The van der Waals surface area contributed by atoms with Crippen LogP contribution in [0.5, 0.6) is 5.75 Å². The third-order valence-corrected chi connectivity index (χ3v) is 3.18. The molecule has 0 bridgehead atoms. The Morgan fingerprint density at radius 2 is 1.91 bits per heavy atom. The maximum absolute atomic E-state index is 12.0. The summed E-state index contributed by atoms with van der Waals surface area (Å²) in [5, 5.41) is 13.1. The number of hydrogen-bond donors (Lipinski definition) is 2. The van der Waals surface area contributed by atoms with Crippen molar-refractivity contribution in [3.8, 4) is 5.75 Å². The van der Waals surface area contributed by atoms with E-state index in [1.54, 1.807) is 45.2 Å². The summed E-state index contributed by atoms with van der Waals surface area (Å²) in [4.78, 5) is 23.0. The largest absolute Gasteiger partial charge is 0.497 e. The Kier molecular flexibility index (Phi) is 7.59. The molecule has 0 heterocycles. The van der Waals surface area contributed by atoms with Crippen LogP contribution in [0, 0.1) is 5.92 Å². The molecule has 1 atom stereocenters. The molecule has 0 unspecified atom stereocenters. The molecule has 0 spiro atoms. The van der Waals surface area contributed by atoms with Gasteiger partial charge in [0.05, 0.1) is 25.8 Å². The molecule has 7 heteroatoms. The molecule has 0 amide bonds. The van der Waals surface area contributed by atoms with Gasteiger partial charge in [0.2, 0.25) is 0 Å². The number of aliphatic carboxylic acids is 1. The Balaban J connectivity index is 2.96. The molecule has 0 aliphatic carbocycles. The smallest absolute Gasteiger partial charge is 0.354 e. The minimum absolute atomic E-state index is 0.0765. The van der Waals surface area contributed by atoms with E-state index in [1.165, 1.54) is 0 Å². The lowest BCUT2D eigenvalue weighted by Crippen LogP contribution is -2.28. The zero-order valence-electron chi connectivity index (χ0n) is 13.5. The molecule has 0 aliphatic rings. The van der Waals surface area contributed by atoms with E-state index in [4.69, 9.17) is 14.6 Å². The van der Waals surface area contributed by atoms with Crippen LogP contribution in [0.2, 0.25) is 0 Å². The number of carboxylic acids is 1. The maximum atomic E-state index is 12.0. The fourth-order valence-corrected chi connectivity index (χ4v) is 1.94. The minimum Gasteiger partial charge on any atom is -0.497 e. The number of anilines is 1. The van der Waals surface area contributed by atoms with Gasteiger partial charge in [-0.3, -0.25) is 10.2 Å². The van der Waals surface area contributed by atoms with E-state index in [0.29, 0.717) is 17.9 Å². The highest BCUT2D eigenvalue weighted by molar-refractivity contribution is 6.37. The standard InChI is InChI=1S/C16H22N2O5/c1-4-11(10-14(19)20)15(16(21)23-5-2)18-17-12-6-8-13(22-3)9-7-12/h6-9,11,17H,4-5,10H2,1-3H3,(H,19,20)/b18-15-/t11-/m0/s1. The van der Waals surface area contributed by atoms with E-state index in [1.807, 2.05) is 0 Å². The normalized spacial score (nSPS) is 12.4. The number of nitrogens with zero attached hydrogens (tertiary/aromatic N) is 1. The van der Waals surface area contributed by atoms with Crippen LogP contribution in [0.15, 0.2) is 29.4 Å². The van der Waals surface area contributed by atoms with Gasteiger partial charge in [0.15, 0.2) is 0 Å². The van der Waals surface area contributed by atoms with Crippen LogP contribution in [-0.4, -0.2) is 36.5 Å². The number of hydrogen-bond acceptors (Lipinski definition) is 6. The lowest BCUT2D eigenvalue weighted by molar-refractivity contribution is -0.137. The van der Waals surface area contributed by atoms with E-state index in [-0.39, 0.29) is 18.7 Å². The van der Waals surface area contributed by atoms with Crippen molar-refractivity contribution in [1.82, 2.24) is 0 Å². The van der Waals surface area contributed by atoms with Gasteiger partial charge in [-0.1, -0.05) is 6.92 Å². The molecule has 0 aromatic heterocycles. The number of ether oxygens (including phenoxy) is 2. The molecular weight excluding hydrogens is 300 g/mol. The van der Waals surface area contributed by atoms with Crippen molar-refractivity contribution in [3.63, 3.8) is 0 Å². The quantitative estimate of drug-likeness (QED) is 0.412. The van der Waals surface area contributed by atoms with Gasteiger partial charge in [-0.2, -0.15) is 5.10 Å². The number of rotatable bonds is 9. The highest BCUT2D eigenvalue weighted by Crippen LogP contribution is 2.17. The van der Waals surface area contributed by atoms with Crippen molar-refractivity contribution in [2.45, 2.75) is 26.7 Å². The molecule has 23 heavy (non-hydrogen) atoms. The summed E-state index contributed by atoms with van der Waals surface area (Å²) in [7, 11) is 1.57. The van der Waals surface area contributed by atoms with Crippen molar-refractivity contribution >= 4 is 23.3 Å². The van der Waals surface area contributed by atoms with Crippen molar-refractivity contribution in [1.29, 1.82) is 0 Å². The fourth-order valence-electron chi connectivity index (χ4n) is 1.94. The average Bonchev–Trinajstić information content (AvgIpc) is 2.54. The molecule has 2 N–H and O–H groups in total. The monoisotopic (exact) mass is 322 g/mol. The molecule has 0 aliphatic heterocycles. The van der Waals surface area contributed by atoms with Crippen LogP contribution in [0.3, 0.4) is 0 Å². The van der Waals surface area contributed by atoms with Crippen LogP contribution in [0.4, 0.5) is 5.69 Å². The van der Waals surface area contributed by atoms with Gasteiger partial charge in [0, 0.05) is 5.92 Å². The SMILES string of the molecule is CCOC(=O)/C(=N\Nc1ccc(OC)cc1)[C@@H](CC)CC(=O)O. The van der Waals surface area contributed by atoms with Crippen molar-refractivity contribution in [2.24, 2.45) is 11.0 Å². The van der Waals surface area contributed by atoms with E-state index in [9.17, 15) is 9.59 Å². The second-order valence-electron chi connectivity index (χ2n) is 4.76. The molecule has 1 aromatic rings. The molecule has 1 aromatic carbocycles. The summed E-state index contributed by atoms with van der Waals surface area (Å²) < 4.78 is 10.0. The first kappa shape index (κ1) is 18.5. The summed E-state index contributed by atoms with van der Waals surface area (Å²) in [6.07, 6.45) is 0.284. The highest BCUT2D eigenvalue weighted by Gasteiger charge is 2.25. The molecule has 0 saturated carbocycles. The summed E-state index contributed by atoms with van der Waals surface area (Å²) in [6, 6.07) is 6.97. The van der Waals surface area contributed by atoms with Gasteiger partial charge < -0.3 is 14.6 Å². The predicted octanol–water partition coefficient (Wildman–Crippen LogP) is 2.53. The van der Waals surface area contributed by atoms with Gasteiger partial charge in [-0.15, -0.1) is 0 Å². The number of methoxy groups -OCH3 is 1. The molecular formula is C16H22N2O5. The number of carbonyl (C=O) groups is 2. The van der Waals surface area contributed by atoms with Crippen molar-refractivity contribution < 1.29 is 24.2 Å². The zero-order valence-corrected chi connectivity index (χ0v) is 13.5. The first-order valence-electron chi connectivity index (χ1n) is 7.38. The average molecular weight is 322 g/mol. The first-order chi connectivity index (χ1) is 11.0. The Labute approximate surface area is 135 Å². The lowest BCUT2D eigenvalue weighted by atomic mass is 9.96. The number of nitrogens with one attached hydrogen (secondary N) is 1. The second-order valence-corrected chi connectivity index (χ2v) is 4.76. The van der Waals surface area contributed by atoms with Crippen LogP contribution in [0.1, 0.15) is 26.7 Å². The first-order valence-corrected chi connectivity index (χ1v) is 7.38. The molecule has 126 valence electrons. The van der Waals surface area contributed by atoms with Crippen LogP contribution in [-0.2, 0) is 14.3 Å². The van der Waals surface area contributed by atoms with Crippen LogP contribution >= 0.6 is 0 Å². The van der Waals surface area contributed by atoms with Gasteiger partial charge in [0.1, 0.15) is 11.5 Å². The van der Waals surface area contributed by atoms with E-state index < -0.39 is 17.9 Å². The highest BCUT2D eigenvalue weighted by atomic mass is 16.5. The number of carboxylic acid groups (broad SMARTS) is 1. The summed E-state index contributed by atoms with van der Waals surface area (Å²) >= 11 is 0. The summed E-state index contributed by atoms with van der Waals surface area (Å²) in [6.45, 7) is 3.68. The molecule has 0 fully saturated rings. The van der Waals surface area contributed by atoms with Gasteiger partial charge in [0.25, 0.3) is 0 Å². The molecule has 0 radical (unpaired) electrons. The van der Waals surface area contributed by atoms with Crippen LogP contribution < -0.4 is 10.2 Å². The zero-order chi connectivity index (χ0) is 17.2. The lowest BCUT2D eigenvalue weighted by Gasteiger charge is -2.15. The second kappa shape index (κ2) is 9.45. The Bertz CT molecular complexity index is 554. The maximum Gasteiger partial charge on any atom is 0.354 e. The third-order valence-electron chi connectivity index (χ3n) is 3.18. The Morgan fingerprint density at radius 1 is 1.26 bits per heavy atom. The Morgan fingerprint density at radius 3 is 2.39 bits per heavy atom. The summed E-state index contributed by atoms with van der Waals surface area (Å²) in [5.74, 6) is -1.42. The predicted molar refractivity (Wildman–Crippen MR) is 86.7 cm³/mol. The van der Waals surface area contributed by atoms with Crippen LogP contribution in [0.25, 0.3) is 0 Å². The van der Waals surface area contributed by atoms with E-state index in [0.717, 1.165) is 0 Å². The van der Waals surface area contributed by atoms with Crippen molar-refractivity contribution in [3.05, 3.63) is 24.3 Å². The number of carbonyl (C=O) groups excluding carboxylic acids is 1. The topological polar surface area (TPSA) is 97.2 Å². The molecule has 0 saturated heterocycles. The fraction of sp³-hybridized carbons (Fsp3) is 0.438. The van der Waals surface area contributed by atoms with E-state index >= 15 is 0 Å². The summed E-state index contributed by atoms with van der Waals surface area (Å²) in [5.41, 5.74) is 3.49. The molecule has 1 rings (SSSR count). The van der Waals surface area contributed by atoms with Gasteiger partial charge >= 0.3 is 11.9 Å². The number of benzene rings is 1. The Hall–Kier alpha value is -2.57. The van der Waals surface area contributed by atoms with Gasteiger partial charge in [-0.25, -0.2) is 4.79 Å². The molecule has 7 nitrogen and oxygen atoms in total.